The third-order valence-corrected chi connectivity index (χ3v) is 3.77. The largest absolute Gasteiger partial charge is 0.365 e. The maximum absolute atomic E-state index is 11.2. The molecule has 0 unspecified atom stereocenters. The summed E-state index contributed by atoms with van der Waals surface area (Å²) in [6, 6.07) is 0. The number of hydrogen-bond donors (Lipinski definition) is 2. The summed E-state index contributed by atoms with van der Waals surface area (Å²) in [5, 5.41) is 1.88. The number of imidazole rings is 1. The van der Waals surface area contributed by atoms with E-state index in [9.17, 15) is 4.79 Å². The molecular weight excluding hydrogens is 236 g/mol. The molecule has 2 aromatic rings. The second kappa shape index (κ2) is 4.85. The van der Waals surface area contributed by atoms with E-state index >= 15 is 0 Å². The number of nitrogens with one attached hydrogen (secondary N) is 1. The highest BCUT2D eigenvalue weighted by Gasteiger charge is 2.14. The lowest BCUT2D eigenvalue weighted by Crippen LogP contribution is -2.22. The van der Waals surface area contributed by atoms with Gasteiger partial charge in [-0.25, -0.2) is 4.98 Å². The van der Waals surface area contributed by atoms with Crippen molar-refractivity contribution in [3.05, 3.63) is 16.1 Å². The molecule has 1 amide bonds. The van der Waals surface area contributed by atoms with Gasteiger partial charge in [0.05, 0.1) is 12.1 Å². The van der Waals surface area contributed by atoms with E-state index in [1.54, 1.807) is 0 Å². The summed E-state index contributed by atoms with van der Waals surface area (Å²) < 4.78 is 0. The molecule has 0 spiro atoms. The van der Waals surface area contributed by atoms with E-state index in [0.717, 1.165) is 31.0 Å². The Labute approximate surface area is 104 Å². The van der Waals surface area contributed by atoms with Gasteiger partial charge in [-0.05, 0) is 13.1 Å². The number of H-pyrrole nitrogens is 1. The number of hydrogen-bond acceptors (Lipinski definition) is 4. The number of nitrogens with two attached hydrogens (primary N) is 1. The Balaban J connectivity index is 2.29. The molecule has 0 bridgehead atoms. The number of primary amides is 1. The Kier molecular flexibility index (Phi) is 3.44. The fourth-order valence-corrected chi connectivity index (χ4v) is 2.57. The molecular formula is C11H16N4OS. The van der Waals surface area contributed by atoms with E-state index in [1.807, 2.05) is 5.38 Å². The van der Waals surface area contributed by atoms with E-state index in [0.29, 0.717) is 10.4 Å². The third-order valence-electron chi connectivity index (χ3n) is 2.78. The van der Waals surface area contributed by atoms with Gasteiger partial charge in [-0.2, -0.15) is 0 Å². The maximum Gasteiger partial charge on any atom is 0.261 e. The zero-order valence-electron chi connectivity index (χ0n) is 9.99. The molecule has 5 nitrogen and oxygen atoms in total. The van der Waals surface area contributed by atoms with Crippen LogP contribution < -0.4 is 5.73 Å². The van der Waals surface area contributed by atoms with Crippen LogP contribution in [0.4, 0.5) is 0 Å². The summed E-state index contributed by atoms with van der Waals surface area (Å²) >= 11 is 1.33. The van der Waals surface area contributed by atoms with E-state index in [2.05, 4.69) is 28.7 Å². The second-order valence-corrected chi connectivity index (χ2v) is 4.72. The Morgan fingerprint density at radius 1 is 1.53 bits per heavy atom. The number of thiophene rings is 1. The van der Waals surface area contributed by atoms with Gasteiger partial charge in [-0.15, -0.1) is 11.3 Å². The Morgan fingerprint density at radius 2 is 2.24 bits per heavy atom. The van der Waals surface area contributed by atoms with Crippen molar-refractivity contribution < 1.29 is 4.79 Å². The number of amides is 1. The minimum absolute atomic E-state index is 0.411. The van der Waals surface area contributed by atoms with Crippen LogP contribution in [0.2, 0.25) is 0 Å². The quantitative estimate of drug-likeness (QED) is 0.848. The van der Waals surface area contributed by atoms with Crippen LogP contribution in [-0.2, 0) is 6.54 Å². The molecule has 2 aromatic heterocycles. The molecule has 0 atom stereocenters. The zero-order valence-corrected chi connectivity index (χ0v) is 10.8. The first-order valence-corrected chi connectivity index (χ1v) is 6.51. The second-order valence-electron chi connectivity index (χ2n) is 3.84. The Morgan fingerprint density at radius 3 is 2.82 bits per heavy atom. The molecule has 17 heavy (non-hydrogen) atoms. The summed E-state index contributed by atoms with van der Waals surface area (Å²) in [7, 11) is 0. The molecule has 0 fully saturated rings. The van der Waals surface area contributed by atoms with Crippen LogP contribution in [-0.4, -0.2) is 33.9 Å². The lowest BCUT2D eigenvalue weighted by Gasteiger charge is -2.15. The van der Waals surface area contributed by atoms with Gasteiger partial charge >= 0.3 is 0 Å². The number of rotatable bonds is 5. The van der Waals surface area contributed by atoms with E-state index in [1.165, 1.54) is 11.3 Å². The van der Waals surface area contributed by atoms with E-state index in [4.69, 9.17) is 5.73 Å². The average molecular weight is 252 g/mol. The predicted molar refractivity (Wildman–Crippen MR) is 69.1 cm³/mol. The summed E-state index contributed by atoms with van der Waals surface area (Å²) in [6.07, 6.45) is 0. The van der Waals surface area contributed by atoms with Gasteiger partial charge in [0.2, 0.25) is 0 Å². The average Bonchev–Trinajstić information content (AvgIpc) is 2.84. The number of aromatic amines is 1. The fraction of sp³-hybridized carbons (Fsp3) is 0.455. The van der Waals surface area contributed by atoms with Crippen molar-refractivity contribution in [2.75, 3.05) is 13.1 Å². The smallest absolute Gasteiger partial charge is 0.261 e. The summed E-state index contributed by atoms with van der Waals surface area (Å²) in [5.74, 6) is 0.472. The maximum atomic E-state index is 11.2. The minimum atomic E-state index is -0.411. The number of carbonyl (C=O) groups excluding carboxylic acids is 1. The number of fused-ring (bicyclic) bond motifs is 1. The first-order chi connectivity index (χ1) is 8.15. The molecule has 0 saturated heterocycles. The predicted octanol–water partition coefficient (Wildman–Crippen LogP) is 1.57. The molecule has 2 rings (SSSR count). The van der Waals surface area contributed by atoms with Crippen molar-refractivity contribution in [1.82, 2.24) is 14.9 Å². The molecule has 92 valence electrons. The van der Waals surface area contributed by atoms with Gasteiger partial charge in [0.1, 0.15) is 16.2 Å². The topological polar surface area (TPSA) is 75.0 Å². The number of aromatic nitrogens is 2. The van der Waals surface area contributed by atoms with Crippen LogP contribution in [0.15, 0.2) is 5.38 Å². The van der Waals surface area contributed by atoms with Crippen molar-refractivity contribution in [1.29, 1.82) is 0 Å². The summed E-state index contributed by atoms with van der Waals surface area (Å²) in [5.41, 5.74) is 6.89. The molecule has 0 aliphatic carbocycles. The van der Waals surface area contributed by atoms with Crippen molar-refractivity contribution in [3.63, 3.8) is 0 Å². The standard InChI is InChI=1S/C11H16N4OS/c1-3-15(4-2)5-8-13-7-6-17-10(11(12)16)9(7)14-8/h6H,3-5H2,1-2H3,(H2,12,16)(H,13,14). The number of nitrogens with zero attached hydrogens (tertiary/aromatic N) is 2. The van der Waals surface area contributed by atoms with Gasteiger partial charge in [0, 0.05) is 5.38 Å². The van der Waals surface area contributed by atoms with Crippen LogP contribution in [0.5, 0.6) is 0 Å². The van der Waals surface area contributed by atoms with Crippen LogP contribution >= 0.6 is 11.3 Å². The van der Waals surface area contributed by atoms with Crippen LogP contribution in [0.25, 0.3) is 11.0 Å². The molecule has 0 radical (unpaired) electrons. The highest BCUT2D eigenvalue weighted by atomic mass is 32.1. The Hall–Kier alpha value is -1.40. The molecule has 0 saturated carbocycles. The van der Waals surface area contributed by atoms with E-state index in [-0.39, 0.29) is 0 Å². The normalized spacial score (nSPS) is 11.5. The SMILES string of the molecule is CCN(CC)Cc1nc2c(C(N)=O)scc2[nH]1. The molecule has 0 aliphatic heterocycles. The first-order valence-electron chi connectivity index (χ1n) is 5.63. The van der Waals surface area contributed by atoms with Crippen molar-refractivity contribution in [2.45, 2.75) is 20.4 Å². The summed E-state index contributed by atoms with van der Waals surface area (Å²) in [4.78, 5) is 21.6. The van der Waals surface area contributed by atoms with Crippen LogP contribution in [0, 0.1) is 0 Å². The van der Waals surface area contributed by atoms with Crippen molar-refractivity contribution >= 4 is 28.3 Å². The third kappa shape index (κ3) is 2.32. The lowest BCUT2D eigenvalue weighted by atomic mass is 10.4. The molecule has 2 heterocycles. The summed E-state index contributed by atoms with van der Waals surface area (Å²) in [6.45, 7) is 6.95. The highest BCUT2D eigenvalue weighted by molar-refractivity contribution is 7.13. The van der Waals surface area contributed by atoms with Gasteiger partial charge < -0.3 is 10.7 Å². The van der Waals surface area contributed by atoms with Gasteiger partial charge in [-0.3, -0.25) is 9.69 Å². The van der Waals surface area contributed by atoms with Gasteiger partial charge in [0.25, 0.3) is 5.91 Å². The molecule has 0 aliphatic rings. The van der Waals surface area contributed by atoms with E-state index < -0.39 is 5.91 Å². The fourth-order valence-electron chi connectivity index (χ4n) is 1.78. The Bertz CT molecular complexity index is 527. The van der Waals surface area contributed by atoms with Crippen LogP contribution in [0.1, 0.15) is 29.3 Å². The molecule has 6 heteroatoms. The monoisotopic (exact) mass is 252 g/mol. The van der Waals surface area contributed by atoms with Crippen molar-refractivity contribution in [3.8, 4) is 0 Å². The first kappa shape index (κ1) is 12.1. The minimum Gasteiger partial charge on any atom is -0.365 e. The highest BCUT2D eigenvalue weighted by Crippen LogP contribution is 2.23. The van der Waals surface area contributed by atoms with Gasteiger partial charge in [0.15, 0.2) is 0 Å². The zero-order chi connectivity index (χ0) is 12.4. The number of carbonyl (C=O) groups is 1. The van der Waals surface area contributed by atoms with Gasteiger partial charge in [-0.1, -0.05) is 13.8 Å². The van der Waals surface area contributed by atoms with Crippen molar-refractivity contribution in [2.24, 2.45) is 5.73 Å². The molecule has 0 aromatic carbocycles. The lowest BCUT2D eigenvalue weighted by molar-refractivity contribution is 0.101. The van der Waals surface area contributed by atoms with Crippen LogP contribution in [0.3, 0.4) is 0 Å². The molecule has 3 N–H and O–H groups in total.